The molecule has 0 radical (unpaired) electrons. The van der Waals surface area contributed by atoms with E-state index < -0.39 is 0 Å². The van der Waals surface area contributed by atoms with Crippen molar-refractivity contribution in [2.45, 2.75) is 32.7 Å². The monoisotopic (exact) mass is 453 g/mol. The molecule has 4 aromatic rings. The third kappa shape index (κ3) is 5.41. The van der Waals surface area contributed by atoms with Gasteiger partial charge in [-0.1, -0.05) is 62.4 Å². The maximum Gasteiger partial charge on any atom is 0.259 e. The molecule has 0 spiro atoms. The van der Waals surface area contributed by atoms with Crippen LogP contribution in [0.2, 0.25) is 0 Å². The number of carbonyl (C=O) groups excluding carboxylic acids is 1. The van der Waals surface area contributed by atoms with E-state index in [-0.39, 0.29) is 11.9 Å². The van der Waals surface area contributed by atoms with E-state index in [9.17, 15) is 4.79 Å². The maximum atomic E-state index is 13.8. The summed E-state index contributed by atoms with van der Waals surface area (Å²) in [6, 6.07) is 25.7. The van der Waals surface area contributed by atoms with Crippen molar-refractivity contribution in [3.8, 4) is 0 Å². The van der Waals surface area contributed by atoms with Crippen LogP contribution in [0.3, 0.4) is 0 Å². The van der Waals surface area contributed by atoms with E-state index in [4.69, 9.17) is 4.98 Å². The Morgan fingerprint density at radius 1 is 0.912 bits per heavy atom. The van der Waals surface area contributed by atoms with Crippen molar-refractivity contribution in [3.63, 3.8) is 0 Å². The van der Waals surface area contributed by atoms with Gasteiger partial charge in [0.1, 0.15) is 5.82 Å². The Hall–Kier alpha value is -3.77. The van der Waals surface area contributed by atoms with Crippen LogP contribution in [0.25, 0.3) is 10.8 Å². The van der Waals surface area contributed by atoms with Crippen molar-refractivity contribution in [2.24, 2.45) is 0 Å². The van der Waals surface area contributed by atoms with E-state index in [0.717, 1.165) is 42.4 Å². The highest BCUT2D eigenvalue weighted by molar-refractivity contribution is 6.08. The Morgan fingerprint density at radius 3 is 2.38 bits per heavy atom. The molecular formula is C28H31N5O. The van der Waals surface area contributed by atoms with Gasteiger partial charge < -0.3 is 10.6 Å². The Bertz CT molecular complexity index is 1220. The average Bonchev–Trinajstić information content (AvgIpc) is 2.91. The lowest BCUT2D eigenvalue weighted by Crippen LogP contribution is -2.46. The van der Waals surface area contributed by atoms with Gasteiger partial charge in [0.15, 0.2) is 0 Å². The molecule has 6 nitrogen and oxygen atoms in total. The van der Waals surface area contributed by atoms with Gasteiger partial charge in [0.25, 0.3) is 5.91 Å². The number of rotatable bonds is 5. The zero-order valence-corrected chi connectivity index (χ0v) is 19.7. The van der Waals surface area contributed by atoms with Crippen molar-refractivity contribution in [2.75, 3.05) is 23.3 Å². The molecule has 2 heterocycles. The lowest BCUT2D eigenvalue weighted by atomic mass is 10.0. The Labute approximate surface area is 201 Å². The molecule has 1 fully saturated rings. The summed E-state index contributed by atoms with van der Waals surface area (Å²) >= 11 is 0. The lowest BCUT2D eigenvalue weighted by Gasteiger charge is -2.34. The van der Waals surface area contributed by atoms with E-state index in [2.05, 4.69) is 21.7 Å². The molecule has 1 amide bonds. The smallest absolute Gasteiger partial charge is 0.259 e. The Kier molecular flexibility index (Phi) is 7.83. The molecule has 1 aromatic heterocycles. The van der Waals surface area contributed by atoms with Crippen LogP contribution in [0.15, 0.2) is 85.1 Å². The normalized spacial score (nSPS) is 13.6. The van der Waals surface area contributed by atoms with E-state index in [1.54, 1.807) is 6.20 Å². The quantitative estimate of drug-likeness (QED) is 0.400. The van der Waals surface area contributed by atoms with Crippen LogP contribution in [0.4, 0.5) is 17.5 Å². The highest BCUT2D eigenvalue weighted by Crippen LogP contribution is 2.25. The lowest BCUT2D eigenvalue weighted by molar-refractivity contribution is 0.0971. The van der Waals surface area contributed by atoms with Gasteiger partial charge >= 0.3 is 0 Å². The predicted molar refractivity (Wildman–Crippen MR) is 140 cm³/mol. The van der Waals surface area contributed by atoms with Gasteiger partial charge in [-0.3, -0.25) is 9.69 Å². The molecule has 2 N–H and O–H groups in total. The molecule has 5 rings (SSSR count). The summed E-state index contributed by atoms with van der Waals surface area (Å²) < 4.78 is 0. The zero-order chi connectivity index (χ0) is 23.8. The van der Waals surface area contributed by atoms with Gasteiger partial charge in [0.05, 0.1) is 0 Å². The second kappa shape index (κ2) is 11.4. The Morgan fingerprint density at radius 2 is 1.62 bits per heavy atom. The van der Waals surface area contributed by atoms with Crippen LogP contribution in [-0.2, 0) is 0 Å². The molecule has 0 aliphatic carbocycles. The van der Waals surface area contributed by atoms with Crippen molar-refractivity contribution >= 4 is 34.1 Å². The van der Waals surface area contributed by atoms with Gasteiger partial charge in [0, 0.05) is 23.5 Å². The van der Waals surface area contributed by atoms with Crippen molar-refractivity contribution in [1.82, 2.24) is 15.3 Å². The fourth-order valence-electron chi connectivity index (χ4n) is 4.18. The molecule has 6 heteroatoms. The summed E-state index contributed by atoms with van der Waals surface area (Å²) in [5, 5.41) is 8.79. The first-order valence-corrected chi connectivity index (χ1v) is 12.0. The highest BCUT2D eigenvalue weighted by Gasteiger charge is 2.29. The van der Waals surface area contributed by atoms with Crippen LogP contribution in [0, 0.1) is 0 Å². The first-order valence-electron chi connectivity index (χ1n) is 12.0. The maximum absolute atomic E-state index is 13.8. The number of nitrogens with zero attached hydrogens (tertiary/aromatic N) is 3. The summed E-state index contributed by atoms with van der Waals surface area (Å²) in [5.41, 5.74) is 1.57. The number of para-hydroxylation sites is 1. The number of hydrogen-bond acceptors (Lipinski definition) is 5. The number of hydrogen-bond donors (Lipinski definition) is 2. The van der Waals surface area contributed by atoms with Gasteiger partial charge in [-0.25, -0.2) is 4.98 Å². The number of amides is 1. The second-order valence-corrected chi connectivity index (χ2v) is 7.95. The molecule has 1 saturated heterocycles. The topological polar surface area (TPSA) is 70.2 Å². The van der Waals surface area contributed by atoms with Gasteiger partial charge in [0.2, 0.25) is 5.95 Å². The summed E-state index contributed by atoms with van der Waals surface area (Å²) in [6.07, 6.45) is 3.46. The zero-order valence-electron chi connectivity index (χ0n) is 19.7. The average molecular weight is 454 g/mol. The highest BCUT2D eigenvalue weighted by atomic mass is 16.2. The predicted octanol–water partition coefficient (Wildman–Crippen LogP) is 5.80. The number of piperidine rings is 1. The minimum Gasteiger partial charge on any atom is -0.324 e. The molecule has 0 saturated carbocycles. The molecule has 0 atom stereocenters. The minimum absolute atomic E-state index is 0.0352. The van der Waals surface area contributed by atoms with Crippen molar-refractivity contribution in [1.29, 1.82) is 0 Å². The standard InChI is InChI=1S/C26H25N5O.C2H6/c32-25(21-11-10-19-6-4-5-7-20(19)18-21)31(23-12-15-27-16-13-23)24-14-17-28-26(30-24)29-22-8-2-1-3-9-22;1-2/h1-11,14,17-18,23,27H,12-13,15-16H2,(H,28,29,30);1-2H3. The van der Waals surface area contributed by atoms with Crippen LogP contribution in [0.5, 0.6) is 0 Å². The molecule has 34 heavy (non-hydrogen) atoms. The van der Waals surface area contributed by atoms with Gasteiger partial charge in [-0.2, -0.15) is 4.98 Å². The van der Waals surface area contributed by atoms with E-state index in [1.807, 2.05) is 91.5 Å². The fraction of sp³-hybridized carbons (Fsp3) is 0.250. The van der Waals surface area contributed by atoms with Crippen LogP contribution < -0.4 is 15.5 Å². The van der Waals surface area contributed by atoms with Gasteiger partial charge in [-0.15, -0.1) is 0 Å². The number of benzene rings is 3. The van der Waals surface area contributed by atoms with Gasteiger partial charge in [-0.05, 0) is 67.0 Å². The number of aromatic nitrogens is 2. The Balaban J connectivity index is 0.00000133. The fourth-order valence-corrected chi connectivity index (χ4v) is 4.18. The summed E-state index contributed by atoms with van der Waals surface area (Å²) in [6.45, 7) is 5.76. The summed E-state index contributed by atoms with van der Waals surface area (Å²) in [5.74, 6) is 1.05. The van der Waals surface area contributed by atoms with E-state index in [0.29, 0.717) is 17.3 Å². The third-order valence-electron chi connectivity index (χ3n) is 5.81. The molecule has 1 aliphatic heterocycles. The molecular weight excluding hydrogens is 422 g/mol. The van der Waals surface area contributed by atoms with E-state index >= 15 is 0 Å². The number of fused-ring (bicyclic) bond motifs is 1. The number of anilines is 3. The van der Waals surface area contributed by atoms with Crippen molar-refractivity contribution in [3.05, 3.63) is 90.6 Å². The van der Waals surface area contributed by atoms with Crippen LogP contribution in [0.1, 0.15) is 37.0 Å². The van der Waals surface area contributed by atoms with E-state index in [1.165, 1.54) is 0 Å². The minimum atomic E-state index is -0.0352. The first-order chi connectivity index (χ1) is 16.8. The molecule has 174 valence electrons. The van der Waals surface area contributed by atoms with Crippen LogP contribution >= 0.6 is 0 Å². The third-order valence-corrected chi connectivity index (χ3v) is 5.81. The second-order valence-electron chi connectivity index (χ2n) is 7.95. The first kappa shape index (κ1) is 23.4. The van der Waals surface area contributed by atoms with Crippen molar-refractivity contribution < 1.29 is 4.79 Å². The summed E-state index contributed by atoms with van der Waals surface area (Å²) in [4.78, 5) is 24.7. The molecule has 0 unspecified atom stereocenters. The SMILES string of the molecule is CC.O=C(c1ccc2ccccc2c1)N(c1ccnc(Nc2ccccc2)n1)C1CCNCC1. The number of carbonyl (C=O) groups is 1. The molecule has 3 aromatic carbocycles. The number of nitrogens with one attached hydrogen (secondary N) is 2. The molecule has 0 bridgehead atoms. The van der Waals surface area contributed by atoms with Crippen LogP contribution in [-0.4, -0.2) is 35.0 Å². The molecule has 1 aliphatic rings. The summed E-state index contributed by atoms with van der Waals surface area (Å²) in [7, 11) is 0. The largest absolute Gasteiger partial charge is 0.324 e.